The van der Waals surface area contributed by atoms with Crippen LogP contribution in [0, 0.1) is 0 Å². The molecule has 0 aromatic carbocycles. The van der Waals surface area contributed by atoms with Gasteiger partial charge in [0.25, 0.3) is 0 Å². The maximum absolute atomic E-state index is 12.7. The Kier molecular flexibility index (Phi) is 2.32. The highest BCUT2D eigenvalue weighted by Gasteiger charge is 2.29. The fourth-order valence-electron chi connectivity index (χ4n) is 1.05. The molecule has 3 unspecified atom stereocenters. The van der Waals surface area contributed by atoms with Crippen molar-refractivity contribution in [2.24, 2.45) is 0 Å². The summed E-state index contributed by atoms with van der Waals surface area (Å²) in [7, 11) is 0. The molecule has 1 rings (SSSR count). The maximum Gasteiger partial charge on any atom is 0.122 e. The lowest BCUT2D eigenvalue weighted by atomic mass is 9.92. The van der Waals surface area contributed by atoms with E-state index in [0.29, 0.717) is 12.0 Å². The van der Waals surface area contributed by atoms with Gasteiger partial charge in [-0.1, -0.05) is 6.58 Å². The number of rotatable bonds is 0. The van der Waals surface area contributed by atoms with Gasteiger partial charge in [-0.25, -0.2) is 4.39 Å². The monoisotopic (exact) mass is 164 g/mol. The summed E-state index contributed by atoms with van der Waals surface area (Å²) in [4.78, 5) is 0. The summed E-state index contributed by atoms with van der Waals surface area (Å²) in [5.41, 5.74) is 0.462. The predicted molar refractivity (Wildman–Crippen MR) is 38.9 cm³/mol. The first-order valence-electron chi connectivity index (χ1n) is 3.25. The quantitative estimate of drug-likeness (QED) is 0.426. The molecule has 0 radical (unpaired) electrons. The van der Waals surface area contributed by atoms with Crippen LogP contribution in [0.2, 0.25) is 0 Å². The molecule has 0 aromatic rings. The van der Waals surface area contributed by atoms with Crippen LogP contribution >= 0.6 is 11.6 Å². The summed E-state index contributed by atoms with van der Waals surface area (Å²) in [6, 6.07) is 0. The molecular formula is C7H10ClFO. The summed E-state index contributed by atoms with van der Waals surface area (Å²) in [6.45, 7) is 3.49. The number of aliphatic hydroxyl groups excluding tert-OH is 1. The van der Waals surface area contributed by atoms with Crippen molar-refractivity contribution in [3.8, 4) is 0 Å². The molecule has 0 heterocycles. The van der Waals surface area contributed by atoms with Crippen molar-refractivity contribution in [3.63, 3.8) is 0 Å². The first kappa shape index (κ1) is 8.02. The van der Waals surface area contributed by atoms with Crippen molar-refractivity contribution in [3.05, 3.63) is 12.2 Å². The molecule has 0 bridgehead atoms. The Bertz CT molecular complexity index is 149. The minimum atomic E-state index is -1.02. The summed E-state index contributed by atoms with van der Waals surface area (Å²) < 4.78 is 12.7. The second kappa shape index (κ2) is 2.89. The highest BCUT2D eigenvalue weighted by atomic mass is 35.5. The van der Waals surface area contributed by atoms with Crippen LogP contribution in [-0.2, 0) is 0 Å². The molecule has 3 atom stereocenters. The van der Waals surface area contributed by atoms with Crippen molar-refractivity contribution in [2.45, 2.75) is 30.5 Å². The Morgan fingerprint density at radius 2 is 2.30 bits per heavy atom. The standard InChI is InChI=1S/C7H10ClFO/c1-4-2-7(10)5(8)3-6(4)9/h5-7,10H,1-3H2. The predicted octanol–water partition coefficient (Wildman–Crippen LogP) is 1.64. The summed E-state index contributed by atoms with van der Waals surface area (Å²) in [5, 5.41) is 8.66. The van der Waals surface area contributed by atoms with E-state index in [1.54, 1.807) is 0 Å². The molecule has 1 aliphatic rings. The zero-order chi connectivity index (χ0) is 7.72. The van der Waals surface area contributed by atoms with E-state index in [1.165, 1.54) is 0 Å². The third-order valence-electron chi connectivity index (χ3n) is 1.76. The van der Waals surface area contributed by atoms with Crippen LogP contribution in [0.3, 0.4) is 0 Å². The van der Waals surface area contributed by atoms with Gasteiger partial charge in [-0.3, -0.25) is 0 Å². The third-order valence-corrected chi connectivity index (χ3v) is 2.23. The Balaban J connectivity index is 2.54. The van der Waals surface area contributed by atoms with Gasteiger partial charge < -0.3 is 5.11 Å². The molecule has 0 amide bonds. The first-order chi connectivity index (χ1) is 4.61. The Morgan fingerprint density at radius 3 is 2.80 bits per heavy atom. The van der Waals surface area contributed by atoms with Crippen LogP contribution in [0.4, 0.5) is 4.39 Å². The van der Waals surface area contributed by atoms with Gasteiger partial charge in [0.2, 0.25) is 0 Å². The SMILES string of the molecule is C=C1CC(O)C(Cl)CC1F. The Hall–Kier alpha value is -0.0800. The number of alkyl halides is 2. The summed E-state index contributed by atoms with van der Waals surface area (Å²) in [5.74, 6) is 0. The molecule has 0 aromatic heterocycles. The lowest BCUT2D eigenvalue weighted by Crippen LogP contribution is -2.31. The Morgan fingerprint density at radius 1 is 1.70 bits per heavy atom. The van der Waals surface area contributed by atoms with Crippen molar-refractivity contribution >= 4 is 11.6 Å². The maximum atomic E-state index is 12.7. The van der Waals surface area contributed by atoms with E-state index in [2.05, 4.69) is 6.58 Å². The molecule has 3 heteroatoms. The lowest BCUT2D eigenvalue weighted by Gasteiger charge is -2.26. The van der Waals surface area contributed by atoms with Crippen LogP contribution in [0.1, 0.15) is 12.8 Å². The fraction of sp³-hybridized carbons (Fsp3) is 0.714. The van der Waals surface area contributed by atoms with Crippen LogP contribution < -0.4 is 0 Å². The number of halogens is 2. The van der Waals surface area contributed by atoms with E-state index in [0.717, 1.165) is 0 Å². The van der Waals surface area contributed by atoms with Crippen LogP contribution in [0.15, 0.2) is 12.2 Å². The molecule has 10 heavy (non-hydrogen) atoms. The minimum Gasteiger partial charge on any atom is -0.391 e. The van der Waals surface area contributed by atoms with Gasteiger partial charge in [-0.15, -0.1) is 11.6 Å². The highest BCUT2D eigenvalue weighted by Crippen LogP contribution is 2.28. The van der Waals surface area contributed by atoms with Crippen molar-refractivity contribution in [1.29, 1.82) is 0 Å². The van der Waals surface area contributed by atoms with Gasteiger partial charge in [-0.2, -0.15) is 0 Å². The van der Waals surface area contributed by atoms with E-state index in [1.807, 2.05) is 0 Å². The zero-order valence-corrected chi connectivity index (χ0v) is 6.31. The van der Waals surface area contributed by atoms with Gasteiger partial charge in [0.05, 0.1) is 11.5 Å². The van der Waals surface area contributed by atoms with Gasteiger partial charge >= 0.3 is 0 Å². The number of aliphatic hydroxyl groups is 1. The molecule has 0 aliphatic heterocycles. The normalized spacial score (nSPS) is 41.9. The van der Waals surface area contributed by atoms with Gasteiger partial charge in [-0.05, 0) is 12.0 Å². The molecular weight excluding hydrogens is 155 g/mol. The third kappa shape index (κ3) is 1.50. The average molecular weight is 165 g/mol. The second-order valence-corrected chi connectivity index (χ2v) is 3.21. The molecule has 1 saturated carbocycles. The molecule has 0 spiro atoms. The van der Waals surface area contributed by atoms with E-state index >= 15 is 0 Å². The molecule has 1 fully saturated rings. The largest absolute Gasteiger partial charge is 0.391 e. The molecule has 1 nitrogen and oxygen atoms in total. The van der Waals surface area contributed by atoms with Crippen molar-refractivity contribution in [1.82, 2.24) is 0 Å². The van der Waals surface area contributed by atoms with Crippen LogP contribution in [-0.4, -0.2) is 22.8 Å². The van der Waals surface area contributed by atoms with Crippen molar-refractivity contribution < 1.29 is 9.50 Å². The summed E-state index contributed by atoms with van der Waals surface area (Å²) >= 11 is 5.60. The molecule has 1 N–H and O–H groups in total. The Labute approximate surface area is 64.5 Å². The summed E-state index contributed by atoms with van der Waals surface area (Å²) in [6.07, 6.45) is -1.14. The van der Waals surface area contributed by atoms with E-state index < -0.39 is 17.7 Å². The smallest absolute Gasteiger partial charge is 0.122 e. The van der Waals surface area contributed by atoms with Crippen LogP contribution in [0.5, 0.6) is 0 Å². The zero-order valence-electron chi connectivity index (χ0n) is 5.56. The molecule has 58 valence electrons. The minimum absolute atomic E-state index is 0.196. The first-order valence-corrected chi connectivity index (χ1v) is 3.68. The fourth-order valence-corrected chi connectivity index (χ4v) is 1.29. The molecule has 0 saturated heterocycles. The van der Waals surface area contributed by atoms with E-state index in [9.17, 15) is 4.39 Å². The van der Waals surface area contributed by atoms with Gasteiger partial charge in [0.1, 0.15) is 6.17 Å². The topological polar surface area (TPSA) is 20.2 Å². The van der Waals surface area contributed by atoms with Gasteiger partial charge in [0.15, 0.2) is 0 Å². The van der Waals surface area contributed by atoms with Crippen LogP contribution in [0.25, 0.3) is 0 Å². The number of hydrogen-bond donors (Lipinski definition) is 1. The van der Waals surface area contributed by atoms with E-state index in [-0.39, 0.29) is 6.42 Å². The second-order valence-electron chi connectivity index (χ2n) is 2.65. The van der Waals surface area contributed by atoms with Crippen molar-refractivity contribution in [2.75, 3.05) is 0 Å². The average Bonchev–Trinajstić information content (AvgIpc) is 1.84. The lowest BCUT2D eigenvalue weighted by molar-refractivity contribution is 0.130. The van der Waals surface area contributed by atoms with E-state index in [4.69, 9.17) is 16.7 Å². The number of hydrogen-bond acceptors (Lipinski definition) is 1. The molecule has 1 aliphatic carbocycles. The highest BCUT2D eigenvalue weighted by molar-refractivity contribution is 6.21. The van der Waals surface area contributed by atoms with Gasteiger partial charge in [0, 0.05) is 6.42 Å².